The summed E-state index contributed by atoms with van der Waals surface area (Å²) in [5, 5.41) is 0. The third-order valence-corrected chi connectivity index (χ3v) is 3.71. The van der Waals surface area contributed by atoms with Crippen molar-refractivity contribution < 1.29 is 0 Å². The molecule has 0 spiro atoms. The molecule has 0 bridgehead atoms. The van der Waals surface area contributed by atoms with Crippen LogP contribution in [0, 0.1) is 12.8 Å². The van der Waals surface area contributed by atoms with E-state index in [2.05, 4.69) is 54.9 Å². The van der Waals surface area contributed by atoms with Crippen molar-refractivity contribution in [2.75, 3.05) is 0 Å². The molecular formula is C13H15Br. The van der Waals surface area contributed by atoms with E-state index in [1.54, 1.807) is 0 Å². The lowest BCUT2D eigenvalue weighted by Gasteiger charge is -2.11. The summed E-state index contributed by atoms with van der Waals surface area (Å²) in [7, 11) is 0. The molecule has 1 heteroatoms. The highest BCUT2D eigenvalue weighted by Crippen LogP contribution is 2.35. The number of allylic oxidation sites excluding steroid dienone is 2. The van der Waals surface area contributed by atoms with Gasteiger partial charge < -0.3 is 0 Å². The molecule has 1 aliphatic rings. The van der Waals surface area contributed by atoms with Crippen molar-refractivity contribution in [3.63, 3.8) is 0 Å². The Morgan fingerprint density at radius 2 is 2.00 bits per heavy atom. The molecule has 0 aliphatic heterocycles. The van der Waals surface area contributed by atoms with Crippen LogP contribution in [0.1, 0.15) is 30.5 Å². The minimum Gasteiger partial charge on any atom is -0.0760 e. The van der Waals surface area contributed by atoms with Gasteiger partial charge >= 0.3 is 0 Å². The van der Waals surface area contributed by atoms with Gasteiger partial charge in [0.15, 0.2) is 0 Å². The van der Waals surface area contributed by atoms with Gasteiger partial charge in [0.1, 0.15) is 0 Å². The molecule has 1 aliphatic carbocycles. The molecule has 0 nitrogen and oxygen atoms in total. The first-order valence-electron chi connectivity index (χ1n) is 5.09. The van der Waals surface area contributed by atoms with Crippen molar-refractivity contribution in [2.24, 2.45) is 5.92 Å². The first-order valence-corrected chi connectivity index (χ1v) is 5.88. The zero-order valence-electron chi connectivity index (χ0n) is 8.89. The van der Waals surface area contributed by atoms with Crippen LogP contribution in [0.3, 0.4) is 0 Å². The Morgan fingerprint density at radius 3 is 2.64 bits per heavy atom. The Kier molecular flexibility index (Phi) is 2.52. The molecule has 0 N–H and O–H groups in total. The van der Waals surface area contributed by atoms with E-state index in [1.165, 1.54) is 26.7 Å². The maximum absolute atomic E-state index is 3.60. The molecule has 0 radical (unpaired) electrons. The summed E-state index contributed by atoms with van der Waals surface area (Å²) < 4.78 is 1.23. The maximum atomic E-state index is 3.60. The maximum Gasteiger partial charge on any atom is 0.0210 e. The van der Waals surface area contributed by atoms with Gasteiger partial charge in [-0.1, -0.05) is 41.9 Å². The Hall–Kier alpha value is -0.560. The molecule has 0 amide bonds. The molecule has 2 rings (SSSR count). The molecular weight excluding hydrogens is 236 g/mol. The van der Waals surface area contributed by atoms with Gasteiger partial charge in [0.2, 0.25) is 0 Å². The molecule has 74 valence electrons. The third kappa shape index (κ3) is 1.54. The second-order valence-corrected chi connectivity index (χ2v) is 5.13. The van der Waals surface area contributed by atoms with Crippen molar-refractivity contribution in [3.8, 4) is 0 Å². The molecule has 0 aromatic heterocycles. The van der Waals surface area contributed by atoms with Crippen LogP contribution in [0.15, 0.2) is 22.7 Å². The van der Waals surface area contributed by atoms with Gasteiger partial charge in [-0.2, -0.15) is 0 Å². The molecule has 0 heterocycles. The van der Waals surface area contributed by atoms with E-state index in [-0.39, 0.29) is 0 Å². The molecule has 0 atom stereocenters. The Bertz CT molecular complexity index is 400. The SMILES string of the molecule is Cc1cc2c(cc1Br)C(C(C)C)=CC2. The van der Waals surface area contributed by atoms with Crippen molar-refractivity contribution in [1.29, 1.82) is 0 Å². The normalized spacial score (nSPS) is 14.5. The second-order valence-electron chi connectivity index (χ2n) is 4.28. The van der Waals surface area contributed by atoms with Gasteiger partial charge in [-0.05, 0) is 47.6 Å². The van der Waals surface area contributed by atoms with Crippen molar-refractivity contribution in [3.05, 3.63) is 39.4 Å². The van der Waals surface area contributed by atoms with Crippen LogP contribution >= 0.6 is 15.9 Å². The van der Waals surface area contributed by atoms with E-state index >= 15 is 0 Å². The van der Waals surface area contributed by atoms with Gasteiger partial charge in [0.05, 0.1) is 0 Å². The molecule has 14 heavy (non-hydrogen) atoms. The standard InChI is InChI=1S/C13H15Br/c1-8(2)11-5-4-10-6-9(3)13(14)7-12(10)11/h5-8H,4H2,1-3H3. The topological polar surface area (TPSA) is 0 Å². The van der Waals surface area contributed by atoms with Crippen molar-refractivity contribution in [2.45, 2.75) is 27.2 Å². The fraction of sp³-hybridized carbons (Fsp3) is 0.385. The van der Waals surface area contributed by atoms with Gasteiger partial charge in [-0.3, -0.25) is 0 Å². The van der Waals surface area contributed by atoms with Crippen LogP contribution in [0.25, 0.3) is 5.57 Å². The lowest BCUT2D eigenvalue weighted by atomic mass is 9.96. The van der Waals surface area contributed by atoms with Crippen molar-refractivity contribution in [1.82, 2.24) is 0 Å². The lowest BCUT2D eigenvalue weighted by molar-refractivity contribution is 0.857. The third-order valence-electron chi connectivity index (χ3n) is 2.86. The molecule has 0 saturated carbocycles. The quantitative estimate of drug-likeness (QED) is 0.695. The zero-order chi connectivity index (χ0) is 10.3. The summed E-state index contributed by atoms with van der Waals surface area (Å²) in [4.78, 5) is 0. The first kappa shape index (κ1) is 9.97. The van der Waals surface area contributed by atoms with E-state index in [1.807, 2.05) is 0 Å². The predicted molar refractivity (Wildman–Crippen MR) is 65.4 cm³/mol. The monoisotopic (exact) mass is 250 g/mol. The molecule has 1 aromatic carbocycles. The highest BCUT2D eigenvalue weighted by molar-refractivity contribution is 9.10. The largest absolute Gasteiger partial charge is 0.0760 e. The zero-order valence-corrected chi connectivity index (χ0v) is 10.5. The minimum atomic E-state index is 0.630. The average Bonchev–Trinajstić information content (AvgIpc) is 2.48. The first-order chi connectivity index (χ1) is 6.59. The minimum absolute atomic E-state index is 0.630. The van der Waals surface area contributed by atoms with Crippen LogP contribution in [-0.4, -0.2) is 0 Å². The number of aryl methyl sites for hydroxylation is 1. The van der Waals surface area contributed by atoms with E-state index in [9.17, 15) is 0 Å². The van der Waals surface area contributed by atoms with Crippen molar-refractivity contribution >= 4 is 21.5 Å². The molecule has 1 aromatic rings. The van der Waals surface area contributed by atoms with E-state index in [4.69, 9.17) is 0 Å². The number of hydrogen-bond acceptors (Lipinski definition) is 0. The fourth-order valence-electron chi connectivity index (χ4n) is 2.06. The lowest BCUT2D eigenvalue weighted by Crippen LogP contribution is -1.93. The van der Waals surface area contributed by atoms with Crippen LogP contribution in [-0.2, 0) is 6.42 Å². The van der Waals surface area contributed by atoms with E-state index in [0.29, 0.717) is 5.92 Å². The number of rotatable bonds is 1. The smallest absolute Gasteiger partial charge is 0.0210 e. The molecule has 0 unspecified atom stereocenters. The summed E-state index contributed by atoms with van der Waals surface area (Å²) in [6, 6.07) is 4.56. The van der Waals surface area contributed by atoms with Crippen LogP contribution < -0.4 is 0 Å². The second kappa shape index (κ2) is 3.54. The summed E-state index contributed by atoms with van der Waals surface area (Å²) in [6.45, 7) is 6.67. The number of hydrogen-bond donors (Lipinski definition) is 0. The average molecular weight is 251 g/mol. The Morgan fingerprint density at radius 1 is 1.29 bits per heavy atom. The van der Waals surface area contributed by atoms with Gasteiger partial charge in [0.25, 0.3) is 0 Å². The Labute approximate surface area is 94.2 Å². The number of halogens is 1. The van der Waals surface area contributed by atoms with Crippen LogP contribution in [0.4, 0.5) is 0 Å². The summed E-state index contributed by atoms with van der Waals surface area (Å²) in [5.74, 6) is 0.630. The summed E-state index contributed by atoms with van der Waals surface area (Å²) in [6.07, 6.45) is 3.47. The van der Waals surface area contributed by atoms with Crippen LogP contribution in [0.5, 0.6) is 0 Å². The highest BCUT2D eigenvalue weighted by atomic mass is 79.9. The van der Waals surface area contributed by atoms with E-state index in [0.717, 1.165) is 6.42 Å². The predicted octanol–water partition coefficient (Wildman–Crippen LogP) is 4.35. The number of fused-ring (bicyclic) bond motifs is 1. The molecule has 0 fully saturated rings. The Balaban J connectivity index is 2.51. The van der Waals surface area contributed by atoms with Gasteiger partial charge in [-0.15, -0.1) is 0 Å². The summed E-state index contributed by atoms with van der Waals surface area (Å²) >= 11 is 3.60. The van der Waals surface area contributed by atoms with Gasteiger partial charge in [0, 0.05) is 4.47 Å². The van der Waals surface area contributed by atoms with Gasteiger partial charge in [-0.25, -0.2) is 0 Å². The fourth-order valence-corrected chi connectivity index (χ4v) is 2.40. The van der Waals surface area contributed by atoms with E-state index < -0.39 is 0 Å². The van der Waals surface area contributed by atoms with Crippen LogP contribution in [0.2, 0.25) is 0 Å². The highest BCUT2D eigenvalue weighted by Gasteiger charge is 2.17. The molecule has 0 saturated heterocycles. The number of benzene rings is 1. The summed E-state index contributed by atoms with van der Waals surface area (Å²) in [5.41, 5.74) is 5.76.